The summed E-state index contributed by atoms with van der Waals surface area (Å²) >= 11 is 0. The minimum Gasteiger partial charge on any atom is -0.215 e. The van der Waals surface area contributed by atoms with Crippen LogP contribution in [0.2, 0.25) is 0 Å². The zero-order chi connectivity index (χ0) is 11.6. The third-order valence-corrected chi connectivity index (χ3v) is 2.81. The molecule has 0 unspecified atom stereocenters. The first-order valence-corrected chi connectivity index (χ1v) is 7.27. The van der Waals surface area contributed by atoms with E-state index >= 15 is 0 Å². The van der Waals surface area contributed by atoms with Crippen molar-refractivity contribution < 1.29 is 8.42 Å². The van der Waals surface area contributed by atoms with Crippen molar-refractivity contribution >= 4 is 10.0 Å². The maximum atomic E-state index is 10.7. The molecule has 0 aromatic carbocycles. The van der Waals surface area contributed by atoms with E-state index in [1.54, 1.807) is 0 Å². The van der Waals surface area contributed by atoms with Gasteiger partial charge >= 0.3 is 0 Å². The molecule has 0 radical (unpaired) electrons. The summed E-state index contributed by atoms with van der Waals surface area (Å²) in [5.74, 6) is 0. The monoisotopic (exact) mass is 232 g/mol. The van der Waals surface area contributed by atoms with Crippen molar-refractivity contribution in [3.63, 3.8) is 0 Å². The van der Waals surface area contributed by atoms with E-state index in [1.165, 1.54) is 6.26 Å². The number of nitriles is 1. The Balaban J connectivity index is 3.10. The van der Waals surface area contributed by atoms with Gasteiger partial charge in [-0.15, -0.1) is 0 Å². The lowest BCUT2D eigenvalue weighted by molar-refractivity contribution is 0.570. The summed E-state index contributed by atoms with van der Waals surface area (Å²) in [6.45, 7) is 0.539. The van der Waals surface area contributed by atoms with E-state index in [9.17, 15) is 8.42 Å². The molecule has 88 valence electrons. The van der Waals surface area contributed by atoms with Crippen LogP contribution in [0.25, 0.3) is 0 Å². The van der Waals surface area contributed by atoms with Crippen LogP contribution in [-0.4, -0.2) is 21.2 Å². The maximum Gasteiger partial charge on any atom is 0.208 e. The first-order chi connectivity index (χ1) is 7.06. The average molecular weight is 232 g/mol. The Bertz CT molecular complexity index is 280. The molecule has 0 heterocycles. The Morgan fingerprint density at radius 1 is 1.07 bits per heavy atom. The van der Waals surface area contributed by atoms with Crippen molar-refractivity contribution in [2.45, 2.75) is 44.9 Å². The summed E-state index contributed by atoms with van der Waals surface area (Å²) in [5, 5.41) is 8.30. The summed E-state index contributed by atoms with van der Waals surface area (Å²) in [4.78, 5) is 0. The number of sulfonamides is 1. The second kappa shape index (κ2) is 8.69. The van der Waals surface area contributed by atoms with Crippen molar-refractivity contribution in [3.05, 3.63) is 0 Å². The predicted molar refractivity (Wildman–Crippen MR) is 60.8 cm³/mol. The summed E-state index contributed by atoms with van der Waals surface area (Å²) < 4.78 is 23.9. The molecule has 1 N–H and O–H groups in total. The van der Waals surface area contributed by atoms with Gasteiger partial charge in [0.1, 0.15) is 0 Å². The highest BCUT2D eigenvalue weighted by molar-refractivity contribution is 7.88. The molecule has 5 heteroatoms. The van der Waals surface area contributed by atoms with Crippen LogP contribution in [-0.2, 0) is 10.0 Å². The summed E-state index contributed by atoms with van der Waals surface area (Å²) in [5.41, 5.74) is 0. The molecule has 0 aliphatic rings. The second-order valence-electron chi connectivity index (χ2n) is 3.70. The zero-order valence-corrected chi connectivity index (χ0v) is 10.1. The molecule has 0 amide bonds. The molecule has 15 heavy (non-hydrogen) atoms. The molecule has 0 bridgehead atoms. The molecule has 0 aliphatic carbocycles. The normalized spacial score (nSPS) is 11.2. The molecule has 0 saturated carbocycles. The molecule has 4 nitrogen and oxygen atoms in total. The van der Waals surface area contributed by atoms with E-state index < -0.39 is 10.0 Å². The van der Waals surface area contributed by atoms with E-state index in [0.29, 0.717) is 13.0 Å². The number of hydrogen-bond acceptors (Lipinski definition) is 3. The van der Waals surface area contributed by atoms with Gasteiger partial charge in [-0.2, -0.15) is 5.26 Å². The van der Waals surface area contributed by atoms with Crippen LogP contribution >= 0.6 is 0 Å². The number of hydrogen-bond donors (Lipinski definition) is 1. The predicted octanol–water partition coefficient (Wildman–Crippen LogP) is 1.79. The van der Waals surface area contributed by atoms with Gasteiger partial charge in [0.2, 0.25) is 10.0 Å². The number of unbranched alkanes of at least 4 members (excludes halogenated alkanes) is 6. The molecule has 0 aliphatic heterocycles. The van der Waals surface area contributed by atoms with Gasteiger partial charge < -0.3 is 0 Å². The van der Waals surface area contributed by atoms with Crippen molar-refractivity contribution in [1.29, 1.82) is 5.26 Å². The van der Waals surface area contributed by atoms with Crippen molar-refractivity contribution in [2.75, 3.05) is 12.8 Å². The molecule has 0 aromatic rings. The SMILES string of the molecule is CS(=O)(=O)NCCCCCCCCC#N. The Kier molecular flexibility index (Phi) is 8.34. The smallest absolute Gasteiger partial charge is 0.208 e. The highest BCUT2D eigenvalue weighted by Crippen LogP contribution is 2.06. The first-order valence-electron chi connectivity index (χ1n) is 5.38. The lowest BCUT2D eigenvalue weighted by Crippen LogP contribution is -2.22. The first kappa shape index (κ1) is 14.4. The number of rotatable bonds is 9. The van der Waals surface area contributed by atoms with Gasteiger partial charge in [-0.1, -0.05) is 25.7 Å². The van der Waals surface area contributed by atoms with E-state index in [2.05, 4.69) is 10.8 Å². The third kappa shape index (κ3) is 13.4. The topological polar surface area (TPSA) is 70.0 Å². The van der Waals surface area contributed by atoms with E-state index in [1.807, 2.05) is 0 Å². The van der Waals surface area contributed by atoms with Crippen LogP contribution in [0.4, 0.5) is 0 Å². The van der Waals surface area contributed by atoms with Crippen LogP contribution in [0, 0.1) is 11.3 Å². The Morgan fingerprint density at radius 3 is 2.13 bits per heavy atom. The van der Waals surface area contributed by atoms with Gasteiger partial charge in [-0.3, -0.25) is 0 Å². The van der Waals surface area contributed by atoms with Gasteiger partial charge in [-0.05, 0) is 12.8 Å². The standard InChI is InChI=1S/C10H20N2O2S/c1-15(13,14)12-10-8-6-4-2-3-5-7-9-11/h12H,2-8,10H2,1H3. The van der Waals surface area contributed by atoms with Crippen LogP contribution in [0.15, 0.2) is 0 Å². The van der Waals surface area contributed by atoms with Crippen LogP contribution in [0.5, 0.6) is 0 Å². The minimum absolute atomic E-state index is 0.539. The maximum absolute atomic E-state index is 10.7. The van der Waals surface area contributed by atoms with Crippen LogP contribution in [0.1, 0.15) is 44.9 Å². The van der Waals surface area contributed by atoms with Crippen LogP contribution in [0.3, 0.4) is 0 Å². The highest BCUT2D eigenvalue weighted by Gasteiger charge is 1.98. The second-order valence-corrected chi connectivity index (χ2v) is 5.53. The van der Waals surface area contributed by atoms with Gasteiger partial charge in [0.15, 0.2) is 0 Å². The quantitative estimate of drug-likeness (QED) is 0.616. The van der Waals surface area contributed by atoms with E-state index in [-0.39, 0.29) is 0 Å². The Labute approximate surface area is 92.7 Å². The number of nitrogens with one attached hydrogen (secondary N) is 1. The lowest BCUT2D eigenvalue weighted by Gasteiger charge is -2.02. The van der Waals surface area contributed by atoms with E-state index in [4.69, 9.17) is 5.26 Å². The van der Waals surface area contributed by atoms with E-state index in [0.717, 1.165) is 38.5 Å². The Hall–Kier alpha value is -0.600. The lowest BCUT2D eigenvalue weighted by atomic mass is 10.1. The highest BCUT2D eigenvalue weighted by atomic mass is 32.2. The summed E-state index contributed by atoms with van der Waals surface area (Å²) in [7, 11) is -3.01. The summed E-state index contributed by atoms with van der Waals surface area (Å²) in [6, 6.07) is 2.12. The third-order valence-electron chi connectivity index (χ3n) is 2.08. The van der Waals surface area contributed by atoms with Crippen molar-refractivity contribution in [3.8, 4) is 6.07 Å². The molecule has 0 atom stereocenters. The molecule has 0 rings (SSSR count). The van der Waals surface area contributed by atoms with Gasteiger partial charge in [-0.25, -0.2) is 13.1 Å². The summed E-state index contributed by atoms with van der Waals surface area (Å²) in [6.07, 6.45) is 8.12. The minimum atomic E-state index is -3.01. The Morgan fingerprint density at radius 2 is 1.60 bits per heavy atom. The average Bonchev–Trinajstić information content (AvgIpc) is 2.14. The largest absolute Gasteiger partial charge is 0.215 e. The van der Waals surface area contributed by atoms with Crippen molar-refractivity contribution in [1.82, 2.24) is 4.72 Å². The fourth-order valence-electron chi connectivity index (χ4n) is 1.29. The molecule has 0 spiro atoms. The van der Waals surface area contributed by atoms with Gasteiger partial charge in [0, 0.05) is 13.0 Å². The molecule has 0 aromatic heterocycles. The molecule has 0 fully saturated rings. The molecular weight excluding hydrogens is 212 g/mol. The zero-order valence-electron chi connectivity index (χ0n) is 9.33. The number of nitrogens with zero attached hydrogens (tertiary/aromatic N) is 1. The van der Waals surface area contributed by atoms with Gasteiger partial charge in [0.05, 0.1) is 12.3 Å². The fraction of sp³-hybridized carbons (Fsp3) is 0.900. The fourth-order valence-corrected chi connectivity index (χ4v) is 1.81. The van der Waals surface area contributed by atoms with Crippen molar-refractivity contribution in [2.24, 2.45) is 0 Å². The molecule has 0 saturated heterocycles. The van der Waals surface area contributed by atoms with Crippen LogP contribution < -0.4 is 4.72 Å². The van der Waals surface area contributed by atoms with Gasteiger partial charge in [0.25, 0.3) is 0 Å². The molecular formula is C10H20N2O2S.